The van der Waals surface area contributed by atoms with Gasteiger partial charge in [-0.2, -0.15) is 4.98 Å². The fourth-order valence-corrected chi connectivity index (χ4v) is 2.35. The molecule has 1 aromatic heterocycles. The molecule has 0 aliphatic heterocycles. The van der Waals surface area contributed by atoms with E-state index < -0.39 is 0 Å². The van der Waals surface area contributed by atoms with Gasteiger partial charge in [0.1, 0.15) is 5.82 Å². The second-order valence-corrected chi connectivity index (χ2v) is 5.34. The number of anilines is 2. The second kappa shape index (κ2) is 7.59. The molecule has 6 heteroatoms. The molecule has 0 unspecified atom stereocenters. The van der Waals surface area contributed by atoms with Crippen LogP contribution in [0.1, 0.15) is 25.7 Å². The van der Waals surface area contributed by atoms with Crippen LogP contribution in [0.15, 0.2) is 24.3 Å². The molecule has 1 heterocycles. The third-order valence-electron chi connectivity index (χ3n) is 3.59. The molecule has 6 nitrogen and oxygen atoms in total. The minimum Gasteiger partial charge on any atom is -0.372 e. The Hall–Kier alpha value is -2.37. The van der Waals surface area contributed by atoms with Crippen molar-refractivity contribution >= 4 is 28.6 Å². The van der Waals surface area contributed by atoms with Crippen molar-refractivity contribution in [3.8, 4) is 0 Å². The average molecular weight is 301 g/mol. The lowest BCUT2D eigenvalue weighted by Crippen LogP contribution is -2.21. The van der Waals surface area contributed by atoms with Crippen molar-refractivity contribution < 1.29 is 4.79 Å². The zero-order valence-electron chi connectivity index (χ0n) is 13.2. The maximum atomic E-state index is 10.7. The molecular weight excluding hydrogens is 278 g/mol. The highest BCUT2D eigenvalue weighted by molar-refractivity contribution is 5.89. The molecular formula is C16H23N5O. The predicted molar refractivity (Wildman–Crippen MR) is 90.0 cm³/mol. The molecule has 0 aliphatic carbocycles. The van der Waals surface area contributed by atoms with Crippen molar-refractivity contribution in [2.45, 2.75) is 25.7 Å². The van der Waals surface area contributed by atoms with E-state index in [1.54, 1.807) is 0 Å². The summed E-state index contributed by atoms with van der Waals surface area (Å²) in [7, 11) is 3.85. The SMILES string of the molecule is CNc1nc(N(C)CCCCCC(N)=O)nc2ccccc12. The maximum Gasteiger partial charge on any atom is 0.227 e. The molecule has 0 spiro atoms. The number of nitrogens with zero attached hydrogens (tertiary/aromatic N) is 3. The van der Waals surface area contributed by atoms with E-state index >= 15 is 0 Å². The Bertz CT molecular complexity index is 643. The second-order valence-electron chi connectivity index (χ2n) is 5.34. The Kier molecular flexibility index (Phi) is 5.52. The summed E-state index contributed by atoms with van der Waals surface area (Å²) in [6.45, 7) is 0.847. The minimum absolute atomic E-state index is 0.232. The summed E-state index contributed by atoms with van der Waals surface area (Å²) in [5.41, 5.74) is 6.06. The molecule has 1 aromatic carbocycles. The van der Waals surface area contributed by atoms with Gasteiger partial charge in [0.05, 0.1) is 5.52 Å². The molecule has 118 valence electrons. The molecule has 2 aromatic rings. The number of unbranched alkanes of at least 4 members (excludes halogenated alkanes) is 2. The van der Waals surface area contributed by atoms with Crippen molar-refractivity contribution in [1.29, 1.82) is 0 Å². The van der Waals surface area contributed by atoms with Gasteiger partial charge in [0.25, 0.3) is 0 Å². The van der Waals surface area contributed by atoms with E-state index in [1.165, 1.54) is 0 Å². The minimum atomic E-state index is -0.232. The Morgan fingerprint density at radius 1 is 1.23 bits per heavy atom. The molecule has 0 saturated heterocycles. The number of para-hydroxylation sites is 1. The van der Waals surface area contributed by atoms with E-state index in [1.807, 2.05) is 43.3 Å². The number of carbonyl (C=O) groups excluding carboxylic acids is 1. The number of hydrogen-bond acceptors (Lipinski definition) is 5. The highest BCUT2D eigenvalue weighted by atomic mass is 16.1. The normalized spacial score (nSPS) is 10.6. The molecule has 0 atom stereocenters. The standard InChI is InChI=1S/C16H23N5O/c1-18-15-12-8-5-6-9-13(12)19-16(20-15)21(2)11-7-3-4-10-14(17)22/h5-6,8-9H,3-4,7,10-11H2,1-2H3,(H2,17,22)(H,18,19,20). The van der Waals surface area contributed by atoms with Crippen LogP contribution in [0.5, 0.6) is 0 Å². The van der Waals surface area contributed by atoms with Gasteiger partial charge in [0, 0.05) is 32.4 Å². The lowest BCUT2D eigenvalue weighted by molar-refractivity contribution is -0.118. The van der Waals surface area contributed by atoms with Crippen LogP contribution < -0.4 is 16.0 Å². The summed E-state index contributed by atoms with van der Waals surface area (Å²) >= 11 is 0. The average Bonchev–Trinajstić information content (AvgIpc) is 2.52. The molecule has 1 amide bonds. The van der Waals surface area contributed by atoms with E-state index in [9.17, 15) is 4.79 Å². The van der Waals surface area contributed by atoms with Crippen molar-refractivity contribution in [3.63, 3.8) is 0 Å². The number of aromatic nitrogens is 2. The lowest BCUT2D eigenvalue weighted by atomic mass is 10.2. The fraction of sp³-hybridized carbons (Fsp3) is 0.438. The molecule has 0 aliphatic rings. The highest BCUT2D eigenvalue weighted by Crippen LogP contribution is 2.22. The van der Waals surface area contributed by atoms with E-state index in [2.05, 4.69) is 15.3 Å². The van der Waals surface area contributed by atoms with Gasteiger partial charge in [-0.25, -0.2) is 4.98 Å². The number of hydrogen-bond donors (Lipinski definition) is 2. The van der Waals surface area contributed by atoms with Crippen LogP contribution >= 0.6 is 0 Å². The molecule has 0 fully saturated rings. The first-order chi connectivity index (χ1) is 10.6. The number of primary amides is 1. The topological polar surface area (TPSA) is 84.1 Å². The third-order valence-corrected chi connectivity index (χ3v) is 3.59. The van der Waals surface area contributed by atoms with Crippen LogP contribution in [0, 0.1) is 0 Å². The molecule has 22 heavy (non-hydrogen) atoms. The van der Waals surface area contributed by atoms with E-state index in [0.29, 0.717) is 12.4 Å². The quantitative estimate of drug-likeness (QED) is 0.730. The summed E-state index contributed by atoms with van der Waals surface area (Å²) in [5, 5.41) is 4.14. The third kappa shape index (κ3) is 4.07. The van der Waals surface area contributed by atoms with Gasteiger partial charge in [0.15, 0.2) is 0 Å². The molecule has 0 saturated carbocycles. The van der Waals surface area contributed by atoms with Gasteiger partial charge in [-0.05, 0) is 25.0 Å². The monoisotopic (exact) mass is 301 g/mol. The van der Waals surface area contributed by atoms with Crippen molar-refractivity contribution in [2.75, 3.05) is 30.9 Å². The van der Waals surface area contributed by atoms with Crippen LogP contribution in [0.25, 0.3) is 10.9 Å². The van der Waals surface area contributed by atoms with Gasteiger partial charge in [0.2, 0.25) is 11.9 Å². The number of nitrogens with one attached hydrogen (secondary N) is 1. The lowest BCUT2D eigenvalue weighted by Gasteiger charge is -2.18. The molecule has 2 rings (SSSR count). The number of rotatable bonds is 8. The van der Waals surface area contributed by atoms with Crippen LogP contribution in [0.3, 0.4) is 0 Å². The number of carbonyl (C=O) groups is 1. The van der Waals surface area contributed by atoms with Gasteiger partial charge < -0.3 is 16.0 Å². The van der Waals surface area contributed by atoms with Gasteiger partial charge in [-0.3, -0.25) is 4.79 Å². The van der Waals surface area contributed by atoms with Crippen LogP contribution in [0.2, 0.25) is 0 Å². The first-order valence-corrected chi connectivity index (χ1v) is 7.56. The number of amides is 1. The largest absolute Gasteiger partial charge is 0.372 e. The number of benzene rings is 1. The first kappa shape index (κ1) is 16.0. The van der Waals surface area contributed by atoms with E-state index in [0.717, 1.165) is 42.5 Å². The molecule has 3 N–H and O–H groups in total. The highest BCUT2D eigenvalue weighted by Gasteiger charge is 2.09. The Morgan fingerprint density at radius 2 is 2.00 bits per heavy atom. The van der Waals surface area contributed by atoms with Gasteiger partial charge in [-0.15, -0.1) is 0 Å². The first-order valence-electron chi connectivity index (χ1n) is 7.56. The summed E-state index contributed by atoms with van der Waals surface area (Å²) in [4.78, 5) is 21.9. The van der Waals surface area contributed by atoms with Gasteiger partial charge >= 0.3 is 0 Å². The molecule has 0 radical (unpaired) electrons. The Balaban J connectivity index is 2.02. The fourth-order valence-electron chi connectivity index (χ4n) is 2.35. The van der Waals surface area contributed by atoms with Crippen molar-refractivity contribution in [2.24, 2.45) is 5.73 Å². The summed E-state index contributed by atoms with van der Waals surface area (Å²) in [6, 6.07) is 7.95. The zero-order chi connectivity index (χ0) is 15.9. The smallest absolute Gasteiger partial charge is 0.227 e. The number of fused-ring (bicyclic) bond motifs is 1. The van der Waals surface area contributed by atoms with Crippen LogP contribution in [-0.4, -0.2) is 36.5 Å². The predicted octanol–water partition coefficient (Wildman–Crippen LogP) is 2.15. The van der Waals surface area contributed by atoms with E-state index in [-0.39, 0.29) is 5.91 Å². The van der Waals surface area contributed by atoms with Crippen molar-refractivity contribution in [1.82, 2.24) is 9.97 Å². The Morgan fingerprint density at radius 3 is 2.73 bits per heavy atom. The van der Waals surface area contributed by atoms with Crippen LogP contribution in [0.4, 0.5) is 11.8 Å². The zero-order valence-corrected chi connectivity index (χ0v) is 13.2. The van der Waals surface area contributed by atoms with E-state index in [4.69, 9.17) is 5.73 Å². The maximum absolute atomic E-state index is 10.7. The summed E-state index contributed by atoms with van der Waals surface area (Å²) in [5.74, 6) is 1.31. The summed E-state index contributed by atoms with van der Waals surface area (Å²) in [6.07, 6.45) is 3.25. The number of nitrogens with two attached hydrogens (primary N) is 1. The van der Waals surface area contributed by atoms with Crippen molar-refractivity contribution in [3.05, 3.63) is 24.3 Å². The Labute approximate surface area is 130 Å². The molecule has 0 bridgehead atoms. The summed E-state index contributed by atoms with van der Waals surface area (Å²) < 4.78 is 0. The van der Waals surface area contributed by atoms with Crippen LogP contribution in [-0.2, 0) is 4.79 Å². The van der Waals surface area contributed by atoms with Gasteiger partial charge in [-0.1, -0.05) is 18.6 Å².